The molecular weight excluding hydrogens is 620 g/mol. The van der Waals surface area contributed by atoms with Gasteiger partial charge in [-0.25, -0.2) is 13.8 Å². The molecule has 0 aliphatic carbocycles. The summed E-state index contributed by atoms with van der Waals surface area (Å²) in [5, 5.41) is 15.9. The molecule has 1 fully saturated rings. The number of rotatable bonds is 6. The van der Waals surface area contributed by atoms with E-state index in [1.165, 1.54) is 10.5 Å². The number of nitrogens with one attached hydrogen (secondary N) is 2. The molecule has 8 nitrogen and oxygen atoms in total. The van der Waals surface area contributed by atoms with Crippen LogP contribution < -0.4 is 15.4 Å². The van der Waals surface area contributed by atoms with Crippen molar-refractivity contribution in [3.8, 4) is 5.75 Å². The summed E-state index contributed by atoms with van der Waals surface area (Å²) in [5.41, 5.74) is 2.75. The molecule has 1 heterocycles. The average molecular weight is 639 g/mol. The summed E-state index contributed by atoms with van der Waals surface area (Å²) in [6, 6.07) is 9.78. The molecule has 166 valence electrons. The fraction of sp³-hybridized carbons (Fsp3) is 0.263. The van der Waals surface area contributed by atoms with Crippen molar-refractivity contribution >= 4 is 69.9 Å². The maximum Gasteiger partial charge on any atom is 0.295 e. The minimum Gasteiger partial charge on any atom is -0.871 e. The van der Waals surface area contributed by atoms with Gasteiger partial charge in [0.05, 0.1) is 37.3 Å². The van der Waals surface area contributed by atoms with E-state index in [1.807, 2.05) is 0 Å². The SMILES string of the molecule is O=C(C[NH+]1CCN(S(=O)(=O)c2ccc(Br)cc2)CC1)N/N=C\c1cc(Br)cc(Br)c1[O-]. The number of carbonyl (C=O) groups excluding carboxylic acids is 1. The molecule has 0 bridgehead atoms. The van der Waals surface area contributed by atoms with Crippen LogP contribution in [0.1, 0.15) is 5.56 Å². The Bertz CT molecular complexity index is 1090. The fourth-order valence-corrected chi connectivity index (χ4v) is 6.06. The Morgan fingerprint density at radius 1 is 1.13 bits per heavy atom. The number of quaternary nitrogens is 1. The van der Waals surface area contributed by atoms with Gasteiger partial charge in [-0.2, -0.15) is 9.41 Å². The number of amides is 1. The second kappa shape index (κ2) is 10.5. The molecule has 12 heteroatoms. The molecule has 0 saturated carbocycles. The van der Waals surface area contributed by atoms with E-state index in [4.69, 9.17) is 0 Å². The number of benzene rings is 2. The van der Waals surface area contributed by atoms with E-state index in [2.05, 4.69) is 58.3 Å². The predicted molar refractivity (Wildman–Crippen MR) is 125 cm³/mol. The van der Waals surface area contributed by atoms with Crippen molar-refractivity contribution in [1.29, 1.82) is 0 Å². The van der Waals surface area contributed by atoms with Crippen molar-refractivity contribution < 1.29 is 23.2 Å². The van der Waals surface area contributed by atoms with Gasteiger partial charge < -0.3 is 10.0 Å². The van der Waals surface area contributed by atoms with Crippen LogP contribution in [0.2, 0.25) is 0 Å². The van der Waals surface area contributed by atoms with Crippen molar-refractivity contribution in [1.82, 2.24) is 9.73 Å². The summed E-state index contributed by atoms with van der Waals surface area (Å²) in [7, 11) is -3.55. The molecular formula is C19H19Br3N4O4S. The predicted octanol–water partition coefficient (Wildman–Crippen LogP) is 1.09. The lowest BCUT2D eigenvalue weighted by atomic mass is 10.2. The summed E-state index contributed by atoms with van der Waals surface area (Å²) in [6.07, 6.45) is 1.30. The van der Waals surface area contributed by atoms with Gasteiger partial charge >= 0.3 is 0 Å². The lowest BCUT2D eigenvalue weighted by molar-refractivity contribution is -0.895. The van der Waals surface area contributed by atoms with Gasteiger partial charge in [0, 0.05) is 13.4 Å². The number of hydrogen-bond donors (Lipinski definition) is 2. The molecule has 0 atom stereocenters. The number of nitrogens with zero attached hydrogens (tertiary/aromatic N) is 2. The van der Waals surface area contributed by atoms with Crippen molar-refractivity contribution in [2.24, 2.45) is 5.10 Å². The van der Waals surface area contributed by atoms with Gasteiger partial charge in [0.2, 0.25) is 10.0 Å². The summed E-state index contributed by atoms with van der Waals surface area (Å²) in [5.74, 6) is -0.535. The van der Waals surface area contributed by atoms with E-state index in [1.54, 1.807) is 36.4 Å². The van der Waals surface area contributed by atoms with E-state index >= 15 is 0 Å². The van der Waals surface area contributed by atoms with Crippen LogP contribution in [0.5, 0.6) is 5.75 Å². The zero-order valence-electron chi connectivity index (χ0n) is 16.1. The molecule has 0 aromatic heterocycles. The number of piperazine rings is 1. The van der Waals surface area contributed by atoms with Gasteiger partial charge in [-0.1, -0.05) is 53.5 Å². The van der Waals surface area contributed by atoms with E-state index in [0.717, 1.165) is 9.37 Å². The number of sulfonamides is 1. The van der Waals surface area contributed by atoms with Crippen LogP contribution >= 0.6 is 47.8 Å². The van der Waals surface area contributed by atoms with Crippen molar-refractivity contribution in [2.75, 3.05) is 32.7 Å². The molecule has 1 aliphatic rings. The van der Waals surface area contributed by atoms with Crippen LogP contribution in [0.25, 0.3) is 0 Å². The molecule has 0 unspecified atom stereocenters. The number of carbonyl (C=O) groups is 1. The highest BCUT2D eigenvalue weighted by Gasteiger charge is 2.31. The number of hydrazone groups is 1. The molecule has 2 aromatic rings. The van der Waals surface area contributed by atoms with Crippen LogP contribution in [0.15, 0.2) is 59.8 Å². The van der Waals surface area contributed by atoms with Crippen LogP contribution in [-0.4, -0.2) is 57.6 Å². The van der Waals surface area contributed by atoms with Crippen LogP contribution in [0.4, 0.5) is 0 Å². The standard InChI is InChI=1S/C19H19Br3N4O4S/c20-14-1-3-16(4-2-14)31(29,30)26-7-5-25(6-8-26)12-18(27)24-23-11-13-9-15(21)10-17(22)19(13)28/h1-4,9-11,28H,5-8,12H2,(H,24,27)/b23-11-. The first-order valence-corrected chi connectivity index (χ1v) is 13.1. The molecule has 31 heavy (non-hydrogen) atoms. The molecule has 2 aromatic carbocycles. The molecule has 1 saturated heterocycles. The van der Waals surface area contributed by atoms with E-state index in [9.17, 15) is 18.3 Å². The third-order valence-electron chi connectivity index (χ3n) is 4.72. The highest BCUT2D eigenvalue weighted by atomic mass is 79.9. The Morgan fingerprint density at radius 3 is 2.42 bits per heavy atom. The highest BCUT2D eigenvalue weighted by molar-refractivity contribution is 9.11. The van der Waals surface area contributed by atoms with Gasteiger partial charge in [-0.15, -0.1) is 0 Å². The lowest BCUT2D eigenvalue weighted by Gasteiger charge is -2.31. The van der Waals surface area contributed by atoms with Crippen LogP contribution in [0.3, 0.4) is 0 Å². The molecule has 0 spiro atoms. The Labute approximate surface area is 205 Å². The molecule has 0 radical (unpaired) electrons. The Hall–Kier alpha value is -1.31. The maximum absolute atomic E-state index is 12.7. The maximum atomic E-state index is 12.7. The highest BCUT2D eigenvalue weighted by Crippen LogP contribution is 2.28. The normalized spacial score (nSPS) is 16.0. The summed E-state index contributed by atoms with van der Waals surface area (Å²) in [4.78, 5) is 13.4. The Kier molecular flexibility index (Phi) is 8.27. The van der Waals surface area contributed by atoms with E-state index in [-0.39, 0.29) is 23.1 Å². The monoisotopic (exact) mass is 636 g/mol. The molecule has 2 N–H and O–H groups in total. The largest absolute Gasteiger partial charge is 0.871 e. The van der Waals surface area contributed by atoms with Gasteiger partial charge in [0.15, 0.2) is 6.54 Å². The first-order chi connectivity index (χ1) is 14.7. The molecule has 1 amide bonds. The van der Waals surface area contributed by atoms with Crippen molar-refractivity contribution in [2.45, 2.75) is 4.90 Å². The van der Waals surface area contributed by atoms with Crippen molar-refractivity contribution in [3.05, 3.63) is 55.4 Å². The minimum atomic E-state index is -3.55. The first kappa shape index (κ1) is 24.3. The zero-order chi connectivity index (χ0) is 22.6. The van der Waals surface area contributed by atoms with Crippen LogP contribution in [0, 0.1) is 0 Å². The number of hydrogen-bond acceptors (Lipinski definition) is 5. The van der Waals surface area contributed by atoms with E-state index < -0.39 is 10.0 Å². The van der Waals surface area contributed by atoms with Crippen molar-refractivity contribution in [3.63, 3.8) is 0 Å². The Balaban J connectivity index is 1.50. The van der Waals surface area contributed by atoms with Gasteiger partial charge in [0.25, 0.3) is 5.91 Å². The molecule has 1 aliphatic heterocycles. The summed E-state index contributed by atoms with van der Waals surface area (Å²) in [6.45, 7) is 1.84. The van der Waals surface area contributed by atoms with E-state index in [0.29, 0.717) is 40.7 Å². The second-order valence-electron chi connectivity index (χ2n) is 6.88. The fourth-order valence-electron chi connectivity index (χ4n) is 3.09. The first-order valence-electron chi connectivity index (χ1n) is 9.24. The van der Waals surface area contributed by atoms with Crippen LogP contribution in [-0.2, 0) is 14.8 Å². The van der Waals surface area contributed by atoms with Gasteiger partial charge in [-0.3, -0.25) is 4.79 Å². The smallest absolute Gasteiger partial charge is 0.295 e. The van der Waals surface area contributed by atoms with Gasteiger partial charge in [0.1, 0.15) is 0 Å². The summed E-state index contributed by atoms with van der Waals surface area (Å²) >= 11 is 9.78. The zero-order valence-corrected chi connectivity index (χ0v) is 21.7. The third-order valence-corrected chi connectivity index (χ3v) is 8.21. The third kappa shape index (κ3) is 6.36. The quantitative estimate of drug-likeness (QED) is 0.365. The topological polar surface area (TPSA) is 106 Å². The minimum absolute atomic E-state index is 0.163. The Morgan fingerprint density at radius 2 is 1.77 bits per heavy atom. The number of halogens is 3. The van der Waals surface area contributed by atoms with Gasteiger partial charge in [-0.05, 0) is 42.0 Å². The summed E-state index contributed by atoms with van der Waals surface area (Å²) < 4.78 is 28.9. The second-order valence-corrected chi connectivity index (χ2v) is 11.5. The molecule has 3 rings (SSSR count). The average Bonchev–Trinajstić information content (AvgIpc) is 2.72. The lowest BCUT2D eigenvalue weighted by Crippen LogP contribution is -3.15.